The molecule has 3 rings (SSSR count). The molecular formula is C16H9BrFNO2. The molecule has 0 amide bonds. The van der Waals surface area contributed by atoms with Crippen LogP contribution in [0.5, 0.6) is 0 Å². The number of halogens is 2. The van der Waals surface area contributed by atoms with Crippen molar-refractivity contribution in [2.24, 2.45) is 4.99 Å². The standard InChI is InChI=1S/C16H9BrFNO2/c17-12-7-3-1-5-10(12)9-14-16(20)21-15(19-14)11-6-2-4-8-13(11)18/h1-9H. The van der Waals surface area contributed by atoms with Crippen molar-refractivity contribution >= 4 is 33.9 Å². The number of ether oxygens (including phenoxy) is 1. The molecule has 0 saturated carbocycles. The monoisotopic (exact) mass is 345 g/mol. The quantitative estimate of drug-likeness (QED) is 0.610. The maximum absolute atomic E-state index is 13.7. The van der Waals surface area contributed by atoms with Gasteiger partial charge in [0.15, 0.2) is 5.70 Å². The van der Waals surface area contributed by atoms with Crippen molar-refractivity contribution in [3.05, 3.63) is 75.6 Å². The number of aliphatic imine (C=N–C) groups is 1. The molecule has 0 fully saturated rings. The number of cyclic esters (lactones) is 1. The van der Waals surface area contributed by atoms with Crippen LogP contribution in [0.1, 0.15) is 11.1 Å². The summed E-state index contributed by atoms with van der Waals surface area (Å²) in [5, 5.41) is 0. The van der Waals surface area contributed by atoms with E-state index in [0.717, 1.165) is 10.0 Å². The van der Waals surface area contributed by atoms with Gasteiger partial charge in [-0.25, -0.2) is 14.2 Å². The topological polar surface area (TPSA) is 38.7 Å². The number of esters is 1. The zero-order valence-electron chi connectivity index (χ0n) is 10.7. The third-order valence-electron chi connectivity index (χ3n) is 2.92. The van der Waals surface area contributed by atoms with Gasteiger partial charge in [0.05, 0.1) is 5.56 Å². The number of hydrogen-bond donors (Lipinski definition) is 0. The smallest absolute Gasteiger partial charge is 0.363 e. The van der Waals surface area contributed by atoms with Crippen LogP contribution in [-0.4, -0.2) is 11.9 Å². The Bertz CT molecular complexity index is 783. The molecule has 21 heavy (non-hydrogen) atoms. The molecule has 0 saturated heterocycles. The van der Waals surface area contributed by atoms with E-state index in [-0.39, 0.29) is 17.2 Å². The van der Waals surface area contributed by atoms with Crippen LogP contribution in [0.15, 0.2) is 63.7 Å². The number of rotatable bonds is 2. The largest absolute Gasteiger partial charge is 0.402 e. The zero-order valence-corrected chi connectivity index (χ0v) is 12.3. The lowest BCUT2D eigenvalue weighted by Gasteiger charge is -1.99. The minimum absolute atomic E-state index is 0.0172. The molecule has 0 aromatic heterocycles. The first-order valence-corrected chi connectivity index (χ1v) is 6.96. The van der Waals surface area contributed by atoms with Gasteiger partial charge in [-0.3, -0.25) is 0 Å². The highest BCUT2D eigenvalue weighted by molar-refractivity contribution is 9.10. The van der Waals surface area contributed by atoms with Crippen molar-refractivity contribution in [2.75, 3.05) is 0 Å². The molecule has 2 aromatic rings. The lowest BCUT2D eigenvalue weighted by molar-refractivity contribution is -0.129. The predicted octanol–water partition coefficient (Wildman–Crippen LogP) is 3.93. The summed E-state index contributed by atoms with van der Waals surface area (Å²) in [6, 6.07) is 13.4. The first-order valence-electron chi connectivity index (χ1n) is 6.17. The molecule has 1 aliphatic rings. The van der Waals surface area contributed by atoms with Crippen molar-refractivity contribution < 1.29 is 13.9 Å². The van der Waals surface area contributed by atoms with Gasteiger partial charge in [-0.15, -0.1) is 0 Å². The van der Waals surface area contributed by atoms with Gasteiger partial charge < -0.3 is 4.74 Å². The van der Waals surface area contributed by atoms with Crippen LogP contribution in [-0.2, 0) is 9.53 Å². The molecule has 0 bridgehead atoms. The second-order valence-electron chi connectivity index (χ2n) is 4.34. The van der Waals surface area contributed by atoms with E-state index < -0.39 is 11.8 Å². The Morgan fingerprint density at radius 2 is 1.81 bits per heavy atom. The number of carbonyl (C=O) groups excluding carboxylic acids is 1. The molecule has 5 heteroatoms. The van der Waals surface area contributed by atoms with Crippen molar-refractivity contribution in [3.8, 4) is 0 Å². The summed E-state index contributed by atoms with van der Waals surface area (Å²) in [4.78, 5) is 15.9. The summed E-state index contributed by atoms with van der Waals surface area (Å²) in [5.41, 5.74) is 1.10. The Balaban J connectivity index is 2.00. The molecule has 3 nitrogen and oxygen atoms in total. The van der Waals surface area contributed by atoms with E-state index in [9.17, 15) is 9.18 Å². The van der Waals surface area contributed by atoms with E-state index in [1.54, 1.807) is 18.2 Å². The van der Waals surface area contributed by atoms with Gasteiger partial charge in [-0.05, 0) is 29.8 Å². The fourth-order valence-corrected chi connectivity index (χ4v) is 2.30. The summed E-state index contributed by atoms with van der Waals surface area (Å²) in [5.74, 6) is -1.09. The number of benzene rings is 2. The van der Waals surface area contributed by atoms with Gasteiger partial charge in [0.25, 0.3) is 0 Å². The first-order chi connectivity index (χ1) is 10.1. The van der Waals surface area contributed by atoms with E-state index in [0.29, 0.717) is 0 Å². The van der Waals surface area contributed by atoms with Crippen LogP contribution in [0.2, 0.25) is 0 Å². The highest BCUT2D eigenvalue weighted by Crippen LogP contribution is 2.23. The highest BCUT2D eigenvalue weighted by Gasteiger charge is 2.25. The van der Waals surface area contributed by atoms with Gasteiger partial charge in [0, 0.05) is 4.47 Å². The van der Waals surface area contributed by atoms with Crippen molar-refractivity contribution in [2.45, 2.75) is 0 Å². The maximum atomic E-state index is 13.7. The lowest BCUT2D eigenvalue weighted by Crippen LogP contribution is -2.07. The molecule has 0 atom stereocenters. The number of hydrogen-bond acceptors (Lipinski definition) is 3. The van der Waals surface area contributed by atoms with Gasteiger partial charge in [-0.1, -0.05) is 46.3 Å². The number of nitrogens with zero attached hydrogens (tertiary/aromatic N) is 1. The summed E-state index contributed by atoms with van der Waals surface area (Å²) in [7, 11) is 0. The molecule has 1 heterocycles. The van der Waals surface area contributed by atoms with Crippen LogP contribution in [0.4, 0.5) is 4.39 Å². The fraction of sp³-hybridized carbons (Fsp3) is 0. The SMILES string of the molecule is O=C1OC(c2ccccc2F)=NC1=Cc1ccccc1Br. The van der Waals surface area contributed by atoms with Gasteiger partial charge >= 0.3 is 5.97 Å². The molecule has 104 valence electrons. The average molecular weight is 346 g/mol. The summed E-state index contributed by atoms with van der Waals surface area (Å²) in [6.07, 6.45) is 1.60. The molecule has 0 aliphatic carbocycles. The van der Waals surface area contributed by atoms with Crippen LogP contribution < -0.4 is 0 Å². The highest BCUT2D eigenvalue weighted by atomic mass is 79.9. The van der Waals surface area contributed by atoms with E-state index >= 15 is 0 Å². The molecule has 1 aliphatic heterocycles. The van der Waals surface area contributed by atoms with Gasteiger partial charge in [0.1, 0.15) is 5.82 Å². The third-order valence-corrected chi connectivity index (χ3v) is 3.64. The molecule has 0 unspecified atom stereocenters. The van der Waals surface area contributed by atoms with Crippen LogP contribution in [0.3, 0.4) is 0 Å². The minimum atomic E-state index is -0.594. The summed E-state index contributed by atoms with van der Waals surface area (Å²) < 4.78 is 19.6. The first kappa shape index (κ1) is 13.7. The zero-order chi connectivity index (χ0) is 14.8. The van der Waals surface area contributed by atoms with Crippen LogP contribution >= 0.6 is 15.9 Å². The van der Waals surface area contributed by atoms with Gasteiger partial charge in [-0.2, -0.15) is 0 Å². The molecule has 2 aromatic carbocycles. The Labute approximate surface area is 128 Å². The Morgan fingerprint density at radius 3 is 2.57 bits per heavy atom. The summed E-state index contributed by atoms with van der Waals surface area (Å²) >= 11 is 3.39. The molecule has 0 N–H and O–H groups in total. The molecule has 0 radical (unpaired) electrons. The van der Waals surface area contributed by atoms with E-state index in [2.05, 4.69) is 20.9 Å². The Kier molecular flexibility index (Phi) is 3.66. The Morgan fingerprint density at radius 1 is 1.10 bits per heavy atom. The molecular weight excluding hydrogens is 337 g/mol. The third kappa shape index (κ3) is 2.78. The fourth-order valence-electron chi connectivity index (χ4n) is 1.90. The number of carbonyl (C=O) groups is 1. The van der Waals surface area contributed by atoms with Crippen LogP contribution in [0, 0.1) is 5.82 Å². The lowest BCUT2D eigenvalue weighted by atomic mass is 10.2. The van der Waals surface area contributed by atoms with Gasteiger partial charge in [0.2, 0.25) is 5.90 Å². The predicted molar refractivity (Wildman–Crippen MR) is 81.1 cm³/mol. The normalized spacial score (nSPS) is 16.0. The van der Waals surface area contributed by atoms with Crippen molar-refractivity contribution in [1.29, 1.82) is 0 Å². The van der Waals surface area contributed by atoms with Crippen LogP contribution in [0.25, 0.3) is 6.08 Å². The van der Waals surface area contributed by atoms with Crippen molar-refractivity contribution in [1.82, 2.24) is 0 Å². The minimum Gasteiger partial charge on any atom is -0.402 e. The average Bonchev–Trinajstić information content (AvgIpc) is 2.83. The van der Waals surface area contributed by atoms with E-state index in [1.807, 2.05) is 24.3 Å². The second kappa shape index (κ2) is 5.61. The second-order valence-corrected chi connectivity index (χ2v) is 5.19. The Hall–Kier alpha value is -2.27. The maximum Gasteiger partial charge on any atom is 0.363 e. The summed E-state index contributed by atoms with van der Waals surface area (Å²) in [6.45, 7) is 0. The van der Waals surface area contributed by atoms with E-state index in [1.165, 1.54) is 12.1 Å². The van der Waals surface area contributed by atoms with E-state index in [4.69, 9.17) is 4.74 Å². The molecule has 0 spiro atoms. The van der Waals surface area contributed by atoms with Crippen molar-refractivity contribution in [3.63, 3.8) is 0 Å².